The van der Waals surface area contributed by atoms with Crippen molar-refractivity contribution in [1.82, 2.24) is 15.0 Å². The first kappa shape index (κ1) is 19.8. The summed E-state index contributed by atoms with van der Waals surface area (Å²) in [5.74, 6) is 2.38. The monoisotopic (exact) mass is 408 g/mol. The molecule has 1 aromatic carbocycles. The second kappa shape index (κ2) is 9.35. The summed E-state index contributed by atoms with van der Waals surface area (Å²) in [5.41, 5.74) is 5.37. The highest BCUT2D eigenvalue weighted by Gasteiger charge is 2.16. The van der Waals surface area contributed by atoms with Gasteiger partial charge in [-0.25, -0.2) is 4.39 Å². The van der Waals surface area contributed by atoms with Crippen molar-refractivity contribution in [3.8, 4) is 0 Å². The number of pyridine rings is 1. The summed E-state index contributed by atoms with van der Waals surface area (Å²) in [6, 6.07) is 11.2. The third kappa shape index (κ3) is 5.32. The van der Waals surface area contributed by atoms with Crippen molar-refractivity contribution in [3.05, 3.63) is 83.5 Å². The lowest BCUT2D eigenvalue weighted by Crippen LogP contribution is -2.32. The standard InChI is InChI=1S/C23H25FN4S/c1-17(18-2-4-19(24)5-3-18)12-20-14-23(28-8-10-29-11-9-28)15-21(27-20)13-22-16-25-6-7-26-22/h2-7,14-17H,8-13H2,1H3/t17-/m1/s1. The predicted octanol–water partition coefficient (Wildman–Crippen LogP) is 4.50. The van der Waals surface area contributed by atoms with Crippen LogP contribution in [0.15, 0.2) is 55.0 Å². The molecule has 2 aromatic heterocycles. The Balaban J connectivity index is 1.60. The zero-order valence-electron chi connectivity index (χ0n) is 16.6. The maximum Gasteiger partial charge on any atom is 0.123 e. The molecule has 0 saturated carbocycles. The van der Waals surface area contributed by atoms with Crippen LogP contribution in [0.3, 0.4) is 0 Å². The van der Waals surface area contributed by atoms with Gasteiger partial charge in [0.15, 0.2) is 0 Å². The fourth-order valence-electron chi connectivity index (χ4n) is 3.66. The molecule has 150 valence electrons. The predicted molar refractivity (Wildman–Crippen MR) is 117 cm³/mol. The summed E-state index contributed by atoms with van der Waals surface area (Å²) in [6.45, 7) is 4.29. The third-order valence-corrected chi connectivity index (χ3v) is 6.17. The van der Waals surface area contributed by atoms with E-state index in [1.807, 2.05) is 23.9 Å². The molecule has 29 heavy (non-hydrogen) atoms. The zero-order valence-corrected chi connectivity index (χ0v) is 17.4. The molecule has 3 heterocycles. The summed E-state index contributed by atoms with van der Waals surface area (Å²) in [6.07, 6.45) is 6.69. The van der Waals surface area contributed by atoms with Gasteiger partial charge in [0.2, 0.25) is 0 Å². The highest BCUT2D eigenvalue weighted by atomic mass is 32.2. The smallest absolute Gasteiger partial charge is 0.123 e. The summed E-state index contributed by atoms with van der Waals surface area (Å²) in [5, 5.41) is 0. The van der Waals surface area contributed by atoms with E-state index in [0.717, 1.165) is 53.7 Å². The Morgan fingerprint density at radius 2 is 1.79 bits per heavy atom. The Morgan fingerprint density at radius 1 is 1.03 bits per heavy atom. The molecule has 0 unspecified atom stereocenters. The number of hydrogen-bond acceptors (Lipinski definition) is 5. The van der Waals surface area contributed by atoms with E-state index in [1.165, 1.54) is 17.8 Å². The summed E-state index contributed by atoms with van der Waals surface area (Å²) in [4.78, 5) is 16.0. The number of halogens is 1. The summed E-state index contributed by atoms with van der Waals surface area (Å²) < 4.78 is 13.3. The number of aromatic nitrogens is 3. The Labute approximate surface area is 175 Å². The van der Waals surface area contributed by atoms with E-state index in [4.69, 9.17) is 4.98 Å². The van der Waals surface area contributed by atoms with E-state index in [0.29, 0.717) is 6.42 Å². The number of thioether (sulfide) groups is 1. The van der Waals surface area contributed by atoms with Crippen molar-refractivity contribution in [3.63, 3.8) is 0 Å². The van der Waals surface area contributed by atoms with Crippen molar-refractivity contribution < 1.29 is 4.39 Å². The van der Waals surface area contributed by atoms with Crippen LogP contribution < -0.4 is 4.90 Å². The molecule has 0 N–H and O–H groups in total. The van der Waals surface area contributed by atoms with Crippen molar-refractivity contribution in [1.29, 1.82) is 0 Å². The molecule has 0 aliphatic carbocycles. The Hall–Kier alpha value is -2.47. The number of rotatable bonds is 6. The van der Waals surface area contributed by atoms with Gasteiger partial charge in [0, 0.05) is 66.7 Å². The minimum absolute atomic E-state index is 0.199. The van der Waals surface area contributed by atoms with Gasteiger partial charge in [-0.3, -0.25) is 15.0 Å². The molecule has 4 nitrogen and oxygen atoms in total. The SMILES string of the molecule is C[C@H](Cc1cc(N2CCSCC2)cc(Cc2cnccn2)n1)c1ccc(F)cc1. The first-order valence-corrected chi connectivity index (χ1v) is 11.2. The fourth-order valence-corrected chi connectivity index (χ4v) is 4.56. The van der Waals surface area contributed by atoms with Gasteiger partial charge in [-0.05, 0) is 42.2 Å². The minimum atomic E-state index is -0.199. The van der Waals surface area contributed by atoms with Crippen LogP contribution in [0.5, 0.6) is 0 Å². The first-order chi connectivity index (χ1) is 14.2. The molecule has 6 heteroatoms. The van der Waals surface area contributed by atoms with Gasteiger partial charge >= 0.3 is 0 Å². The highest BCUT2D eigenvalue weighted by Crippen LogP contribution is 2.26. The molecule has 0 spiro atoms. The van der Waals surface area contributed by atoms with E-state index < -0.39 is 0 Å². The molecule has 1 aliphatic heterocycles. The quantitative estimate of drug-likeness (QED) is 0.601. The molecule has 1 saturated heterocycles. The molecular formula is C23H25FN4S. The molecule has 3 aromatic rings. The van der Waals surface area contributed by atoms with Gasteiger partial charge in [-0.15, -0.1) is 0 Å². The fraction of sp³-hybridized carbons (Fsp3) is 0.348. The second-order valence-electron chi connectivity index (χ2n) is 7.44. The van der Waals surface area contributed by atoms with Gasteiger partial charge in [0.1, 0.15) is 5.82 Å². The molecule has 4 rings (SSSR count). The Morgan fingerprint density at radius 3 is 2.52 bits per heavy atom. The molecule has 0 radical (unpaired) electrons. The number of anilines is 1. The lowest BCUT2D eigenvalue weighted by atomic mass is 9.95. The van der Waals surface area contributed by atoms with E-state index in [1.54, 1.807) is 18.6 Å². The molecule has 0 amide bonds. The van der Waals surface area contributed by atoms with Crippen LogP contribution in [0.4, 0.5) is 10.1 Å². The molecule has 0 bridgehead atoms. The van der Waals surface area contributed by atoms with Crippen LogP contribution >= 0.6 is 11.8 Å². The van der Waals surface area contributed by atoms with E-state index in [-0.39, 0.29) is 11.7 Å². The van der Waals surface area contributed by atoms with Gasteiger partial charge in [0.05, 0.1) is 5.69 Å². The number of nitrogens with zero attached hydrogens (tertiary/aromatic N) is 4. The number of hydrogen-bond donors (Lipinski definition) is 0. The first-order valence-electron chi connectivity index (χ1n) is 10.0. The van der Waals surface area contributed by atoms with E-state index in [9.17, 15) is 4.39 Å². The molecule has 1 atom stereocenters. The van der Waals surface area contributed by atoms with Crippen molar-refractivity contribution in [2.75, 3.05) is 29.5 Å². The highest BCUT2D eigenvalue weighted by molar-refractivity contribution is 7.99. The van der Waals surface area contributed by atoms with Crippen molar-refractivity contribution in [2.24, 2.45) is 0 Å². The van der Waals surface area contributed by atoms with Crippen molar-refractivity contribution >= 4 is 17.4 Å². The zero-order chi connectivity index (χ0) is 20.1. The Bertz CT molecular complexity index is 927. The lowest BCUT2D eigenvalue weighted by Gasteiger charge is -2.29. The largest absolute Gasteiger partial charge is 0.370 e. The summed E-state index contributed by atoms with van der Waals surface area (Å²) >= 11 is 2.01. The second-order valence-corrected chi connectivity index (χ2v) is 8.66. The van der Waals surface area contributed by atoms with Gasteiger partial charge in [-0.2, -0.15) is 11.8 Å². The van der Waals surface area contributed by atoms with Crippen LogP contribution in [0.1, 0.15) is 35.5 Å². The third-order valence-electron chi connectivity index (χ3n) is 5.23. The van der Waals surface area contributed by atoms with Crippen molar-refractivity contribution in [2.45, 2.75) is 25.7 Å². The van der Waals surface area contributed by atoms with Gasteiger partial charge < -0.3 is 4.90 Å². The van der Waals surface area contributed by atoms with Gasteiger partial charge in [-0.1, -0.05) is 19.1 Å². The molecule has 1 fully saturated rings. The van der Waals surface area contributed by atoms with Crippen LogP contribution in [0, 0.1) is 5.82 Å². The Kier molecular flexibility index (Phi) is 6.39. The van der Waals surface area contributed by atoms with E-state index in [2.05, 4.69) is 33.9 Å². The van der Waals surface area contributed by atoms with Crippen LogP contribution in [0.2, 0.25) is 0 Å². The van der Waals surface area contributed by atoms with Crippen LogP contribution in [-0.2, 0) is 12.8 Å². The average Bonchev–Trinajstić information content (AvgIpc) is 2.75. The minimum Gasteiger partial charge on any atom is -0.370 e. The van der Waals surface area contributed by atoms with Crippen LogP contribution in [0.25, 0.3) is 0 Å². The maximum absolute atomic E-state index is 13.3. The average molecular weight is 409 g/mol. The summed E-state index contributed by atoms with van der Waals surface area (Å²) in [7, 11) is 0. The topological polar surface area (TPSA) is 41.9 Å². The normalized spacial score (nSPS) is 15.3. The maximum atomic E-state index is 13.3. The van der Waals surface area contributed by atoms with E-state index >= 15 is 0 Å². The number of benzene rings is 1. The van der Waals surface area contributed by atoms with Gasteiger partial charge in [0.25, 0.3) is 0 Å². The van der Waals surface area contributed by atoms with Crippen LogP contribution in [-0.4, -0.2) is 39.5 Å². The molecular weight excluding hydrogens is 383 g/mol. The molecule has 1 aliphatic rings. The lowest BCUT2D eigenvalue weighted by molar-refractivity contribution is 0.625.